The number of sulfonamides is 1. The van der Waals surface area contributed by atoms with E-state index in [4.69, 9.17) is 4.74 Å². The number of carbonyl (C=O) groups excluding carboxylic acids is 1. The van der Waals surface area contributed by atoms with Crippen LogP contribution in [0, 0.1) is 5.92 Å². The summed E-state index contributed by atoms with van der Waals surface area (Å²) in [6.07, 6.45) is 3.10. The minimum atomic E-state index is -3.12. The minimum absolute atomic E-state index is 0.0668. The zero-order chi connectivity index (χ0) is 15.9. The molecule has 0 bridgehead atoms. The second-order valence-corrected chi connectivity index (χ2v) is 7.53. The van der Waals surface area contributed by atoms with Gasteiger partial charge in [-0.2, -0.15) is 0 Å². The number of methoxy groups -OCH3 is 1. The van der Waals surface area contributed by atoms with Gasteiger partial charge in [-0.05, 0) is 32.2 Å². The maximum atomic E-state index is 11.8. The first-order valence-corrected chi connectivity index (χ1v) is 9.14. The van der Waals surface area contributed by atoms with Crippen molar-refractivity contribution in [1.29, 1.82) is 0 Å². The van der Waals surface area contributed by atoms with Gasteiger partial charge in [0, 0.05) is 26.7 Å². The third-order valence-corrected chi connectivity index (χ3v) is 4.93. The van der Waals surface area contributed by atoms with Crippen LogP contribution in [-0.2, 0) is 19.6 Å². The van der Waals surface area contributed by atoms with Crippen LogP contribution in [0.25, 0.3) is 0 Å². The Morgan fingerprint density at radius 2 is 2.19 bits per heavy atom. The van der Waals surface area contributed by atoms with Gasteiger partial charge in [-0.1, -0.05) is 0 Å². The zero-order valence-electron chi connectivity index (χ0n) is 13.1. The van der Waals surface area contributed by atoms with E-state index in [9.17, 15) is 13.2 Å². The van der Waals surface area contributed by atoms with Crippen LogP contribution >= 0.6 is 0 Å². The Balaban J connectivity index is 2.32. The summed E-state index contributed by atoms with van der Waals surface area (Å²) in [5.41, 5.74) is 0. The number of rotatable bonds is 8. The summed E-state index contributed by atoms with van der Waals surface area (Å²) >= 11 is 0. The SMILES string of the molecule is COCCNC(=O)C(C)NCC1CCCN(S(C)(=O)=O)C1. The maximum absolute atomic E-state index is 11.8. The van der Waals surface area contributed by atoms with Crippen LogP contribution in [0.2, 0.25) is 0 Å². The molecule has 124 valence electrons. The monoisotopic (exact) mass is 321 g/mol. The standard InChI is InChI=1S/C13H27N3O4S/c1-11(13(17)14-6-8-20-2)15-9-12-5-4-7-16(10-12)21(3,18)19/h11-12,15H,4-10H2,1-3H3,(H,14,17). The average molecular weight is 321 g/mol. The smallest absolute Gasteiger partial charge is 0.236 e. The lowest BCUT2D eigenvalue weighted by molar-refractivity contribution is -0.123. The van der Waals surface area contributed by atoms with Crippen molar-refractivity contribution in [2.24, 2.45) is 5.92 Å². The van der Waals surface area contributed by atoms with Gasteiger partial charge < -0.3 is 15.4 Å². The minimum Gasteiger partial charge on any atom is -0.383 e. The van der Waals surface area contributed by atoms with Crippen LogP contribution in [-0.4, -0.2) is 70.8 Å². The molecular weight excluding hydrogens is 294 g/mol. The third-order valence-electron chi connectivity index (χ3n) is 3.66. The molecule has 1 aliphatic rings. The van der Waals surface area contributed by atoms with Crippen molar-refractivity contribution in [2.45, 2.75) is 25.8 Å². The van der Waals surface area contributed by atoms with Gasteiger partial charge in [0.1, 0.15) is 0 Å². The Morgan fingerprint density at radius 3 is 2.81 bits per heavy atom. The van der Waals surface area contributed by atoms with E-state index < -0.39 is 10.0 Å². The fourth-order valence-electron chi connectivity index (χ4n) is 2.36. The lowest BCUT2D eigenvalue weighted by Gasteiger charge is -2.31. The molecule has 1 heterocycles. The molecular formula is C13H27N3O4S. The first-order chi connectivity index (χ1) is 9.84. The average Bonchev–Trinajstić information content (AvgIpc) is 2.44. The number of ether oxygens (including phenoxy) is 1. The number of hydrogen-bond acceptors (Lipinski definition) is 5. The highest BCUT2D eigenvalue weighted by molar-refractivity contribution is 7.88. The molecule has 2 unspecified atom stereocenters. The molecule has 1 aliphatic heterocycles. The summed E-state index contributed by atoms with van der Waals surface area (Å²) in [5.74, 6) is 0.186. The van der Waals surface area contributed by atoms with Crippen LogP contribution in [0.3, 0.4) is 0 Å². The van der Waals surface area contributed by atoms with E-state index >= 15 is 0 Å². The fraction of sp³-hybridized carbons (Fsp3) is 0.923. The van der Waals surface area contributed by atoms with Gasteiger partial charge in [0.05, 0.1) is 18.9 Å². The summed E-state index contributed by atoms with van der Waals surface area (Å²) in [6, 6.07) is -0.296. The van der Waals surface area contributed by atoms with E-state index in [2.05, 4.69) is 10.6 Å². The van der Waals surface area contributed by atoms with Gasteiger partial charge in [0.25, 0.3) is 0 Å². The highest BCUT2D eigenvalue weighted by atomic mass is 32.2. The van der Waals surface area contributed by atoms with Crippen molar-refractivity contribution >= 4 is 15.9 Å². The third kappa shape index (κ3) is 6.73. The van der Waals surface area contributed by atoms with Gasteiger partial charge >= 0.3 is 0 Å². The Morgan fingerprint density at radius 1 is 1.48 bits per heavy atom. The molecule has 7 nitrogen and oxygen atoms in total. The number of nitrogens with zero attached hydrogens (tertiary/aromatic N) is 1. The second kappa shape index (κ2) is 8.67. The van der Waals surface area contributed by atoms with Gasteiger partial charge in [-0.25, -0.2) is 12.7 Å². The number of amides is 1. The predicted molar refractivity (Wildman–Crippen MR) is 81.5 cm³/mol. The molecule has 0 aliphatic carbocycles. The molecule has 0 aromatic carbocycles. The van der Waals surface area contributed by atoms with E-state index in [1.54, 1.807) is 14.0 Å². The highest BCUT2D eigenvalue weighted by Crippen LogP contribution is 2.18. The number of nitrogens with one attached hydrogen (secondary N) is 2. The van der Waals surface area contributed by atoms with Crippen molar-refractivity contribution in [3.8, 4) is 0 Å². The van der Waals surface area contributed by atoms with Crippen LogP contribution < -0.4 is 10.6 Å². The first-order valence-electron chi connectivity index (χ1n) is 7.29. The molecule has 0 saturated carbocycles. The molecule has 8 heteroatoms. The molecule has 0 aromatic rings. The van der Waals surface area contributed by atoms with Crippen LogP contribution in [0.5, 0.6) is 0 Å². The van der Waals surface area contributed by atoms with Gasteiger partial charge in [0.2, 0.25) is 15.9 Å². The van der Waals surface area contributed by atoms with Crippen LogP contribution in [0.1, 0.15) is 19.8 Å². The van der Waals surface area contributed by atoms with Crippen molar-refractivity contribution in [3.63, 3.8) is 0 Å². The summed E-state index contributed by atoms with van der Waals surface area (Å²) < 4.78 is 29.5. The summed E-state index contributed by atoms with van der Waals surface area (Å²) in [7, 11) is -1.53. The molecule has 1 rings (SSSR count). The van der Waals surface area contributed by atoms with E-state index in [0.717, 1.165) is 12.8 Å². The molecule has 21 heavy (non-hydrogen) atoms. The summed E-state index contributed by atoms with van der Waals surface area (Å²) in [4.78, 5) is 11.8. The summed E-state index contributed by atoms with van der Waals surface area (Å²) in [5, 5.41) is 5.95. The Bertz CT molecular complexity index is 427. The van der Waals surface area contributed by atoms with Crippen molar-refractivity contribution in [3.05, 3.63) is 0 Å². The van der Waals surface area contributed by atoms with Crippen molar-refractivity contribution in [2.75, 3.05) is 46.2 Å². The normalized spacial score (nSPS) is 22.0. The number of carbonyl (C=O) groups is 1. The van der Waals surface area contributed by atoms with Crippen molar-refractivity contribution < 1.29 is 17.9 Å². The zero-order valence-corrected chi connectivity index (χ0v) is 13.9. The Labute approximate surface area is 127 Å². The van der Waals surface area contributed by atoms with E-state index in [1.165, 1.54) is 10.6 Å². The number of hydrogen-bond donors (Lipinski definition) is 2. The van der Waals surface area contributed by atoms with E-state index in [1.807, 2.05) is 0 Å². The van der Waals surface area contributed by atoms with Gasteiger partial charge in [-0.3, -0.25) is 4.79 Å². The van der Waals surface area contributed by atoms with Crippen LogP contribution in [0.4, 0.5) is 0 Å². The fourth-order valence-corrected chi connectivity index (χ4v) is 3.30. The molecule has 1 saturated heterocycles. The lowest BCUT2D eigenvalue weighted by atomic mass is 9.99. The van der Waals surface area contributed by atoms with E-state index in [-0.39, 0.29) is 17.9 Å². The molecule has 2 atom stereocenters. The Hall–Kier alpha value is -0.700. The van der Waals surface area contributed by atoms with Gasteiger partial charge in [-0.15, -0.1) is 0 Å². The maximum Gasteiger partial charge on any atom is 0.236 e. The molecule has 1 amide bonds. The molecule has 0 aromatic heterocycles. The molecule has 2 N–H and O–H groups in total. The quantitative estimate of drug-likeness (QED) is 0.583. The molecule has 0 spiro atoms. The molecule has 0 radical (unpaired) electrons. The Kier molecular flexibility index (Phi) is 7.58. The van der Waals surface area contributed by atoms with Crippen LogP contribution in [0.15, 0.2) is 0 Å². The van der Waals surface area contributed by atoms with Crippen molar-refractivity contribution in [1.82, 2.24) is 14.9 Å². The number of piperidine rings is 1. The highest BCUT2D eigenvalue weighted by Gasteiger charge is 2.26. The first kappa shape index (κ1) is 18.3. The predicted octanol–water partition coefficient (Wildman–Crippen LogP) is -0.601. The molecule has 1 fully saturated rings. The van der Waals surface area contributed by atoms with Gasteiger partial charge in [0.15, 0.2) is 0 Å². The van der Waals surface area contributed by atoms with E-state index in [0.29, 0.717) is 32.8 Å². The second-order valence-electron chi connectivity index (χ2n) is 5.54. The topological polar surface area (TPSA) is 87.7 Å². The lowest BCUT2D eigenvalue weighted by Crippen LogP contribution is -2.47. The summed E-state index contributed by atoms with van der Waals surface area (Å²) in [6.45, 7) is 4.56. The largest absolute Gasteiger partial charge is 0.383 e.